The lowest BCUT2D eigenvalue weighted by Crippen LogP contribution is -2.58. The van der Waals surface area contributed by atoms with E-state index in [0.717, 1.165) is 28.9 Å². The molecule has 6 N–H and O–H groups in total. The Labute approximate surface area is 459 Å². The summed E-state index contributed by atoms with van der Waals surface area (Å²) < 4.78 is 41.2. The number of aliphatic carboxylic acids is 1. The number of fused-ring (bicyclic) bond motifs is 1. The van der Waals surface area contributed by atoms with E-state index in [2.05, 4.69) is 47.1 Å². The minimum atomic E-state index is -5.19. The third kappa shape index (κ3) is 15.5. The Hall–Kier alpha value is -7.29. The number of carboxylic acid groups (broad SMARTS) is 1. The summed E-state index contributed by atoms with van der Waals surface area (Å²) in [6, 6.07) is 24.2. The van der Waals surface area contributed by atoms with Crippen molar-refractivity contribution in [2.24, 2.45) is 11.7 Å². The summed E-state index contributed by atoms with van der Waals surface area (Å²) in [4.78, 5) is 83.9. The van der Waals surface area contributed by atoms with Crippen molar-refractivity contribution in [3.63, 3.8) is 0 Å². The number of carbonyl (C=O) groups is 6. The van der Waals surface area contributed by atoms with Crippen molar-refractivity contribution in [2.75, 3.05) is 13.6 Å². The van der Waals surface area contributed by atoms with Crippen molar-refractivity contribution >= 4 is 47.3 Å². The zero-order valence-corrected chi connectivity index (χ0v) is 45.0. The molecule has 3 aliphatic rings. The van der Waals surface area contributed by atoms with Crippen molar-refractivity contribution in [3.8, 4) is 0 Å². The predicted octanol–water partition coefficient (Wildman–Crippen LogP) is 2.30. The number of hydrogen-bond acceptors (Lipinski definition) is 16. The quantitative estimate of drug-likeness (QED) is 0.0705. The number of carboxylic acids is 1. The fourth-order valence-corrected chi connectivity index (χ4v) is 10.7. The zero-order chi connectivity index (χ0) is 56.8. The third-order valence-electron chi connectivity index (χ3n) is 14.4. The highest BCUT2D eigenvalue weighted by Gasteiger charge is 2.48. The molecule has 0 bridgehead atoms. The Morgan fingerprint density at radius 2 is 1.48 bits per heavy atom. The van der Waals surface area contributed by atoms with Crippen LogP contribution in [0.15, 0.2) is 107 Å². The van der Waals surface area contributed by atoms with Gasteiger partial charge >= 0.3 is 6.18 Å². The average Bonchev–Trinajstić information content (AvgIpc) is 4.30. The molecule has 9 atom stereocenters. The minimum Gasteiger partial charge on any atom is -0.542 e. The van der Waals surface area contributed by atoms with E-state index in [4.69, 9.17) is 20.4 Å². The van der Waals surface area contributed by atoms with Crippen molar-refractivity contribution in [2.45, 2.75) is 156 Å². The molecule has 3 aliphatic heterocycles. The van der Waals surface area contributed by atoms with Crippen LogP contribution in [0.1, 0.15) is 88.6 Å². The van der Waals surface area contributed by atoms with Crippen LogP contribution < -0.4 is 32.1 Å². The first kappa shape index (κ1) is 59.4. The lowest BCUT2D eigenvalue weighted by molar-refractivity contribution is -0.344. The number of ether oxygens (including phenoxy) is 1. The lowest BCUT2D eigenvalue weighted by atomic mass is 9.92. The second kappa shape index (κ2) is 27.5. The Morgan fingerprint density at radius 3 is 2.10 bits per heavy atom. The Kier molecular flexibility index (Phi) is 20.7. The fraction of sp³-hybridized carbons (Fsp3) is 0.491. The molecule has 3 aromatic carbocycles. The molecule has 79 heavy (non-hydrogen) atoms. The molecule has 2 aromatic heterocycles. The first-order valence-electron chi connectivity index (χ1n) is 26.2. The topological polar surface area (TPSA) is 290 Å². The molecule has 0 saturated carbocycles. The van der Waals surface area contributed by atoms with Crippen LogP contribution in [0.3, 0.4) is 0 Å². The number of likely N-dealkylation sites (N-methyl/N-ethyl adjacent to an activating group) is 1. The van der Waals surface area contributed by atoms with Crippen LogP contribution in [0.25, 0.3) is 0 Å². The summed E-state index contributed by atoms with van der Waals surface area (Å²) in [7, 11) is 1.67. The largest absolute Gasteiger partial charge is 0.542 e. The van der Waals surface area contributed by atoms with E-state index in [1.165, 1.54) is 11.8 Å². The van der Waals surface area contributed by atoms with Crippen LogP contribution in [0.2, 0.25) is 0 Å². The summed E-state index contributed by atoms with van der Waals surface area (Å²) in [6.07, 6.45) is -0.0903. The van der Waals surface area contributed by atoms with Crippen molar-refractivity contribution in [1.29, 1.82) is 0 Å². The minimum absolute atomic E-state index is 0.0365. The molecular weight excluding hydrogens is 1050 g/mol. The summed E-state index contributed by atoms with van der Waals surface area (Å²) in [5.74, 6) is -5.10. The maximum atomic E-state index is 14.9. The van der Waals surface area contributed by atoms with Gasteiger partial charge in [-0.3, -0.25) is 28.7 Å². The molecule has 8 rings (SSSR count). The molecule has 26 heteroatoms. The van der Waals surface area contributed by atoms with E-state index in [1.807, 2.05) is 97.9 Å². The van der Waals surface area contributed by atoms with Gasteiger partial charge in [0.15, 0.2) is 0 Å². The normalized spacial score (nSPS) is 20.7. The molecule has 5 amide bonds. The molecule has 5 aromatic rings. The molecule has 3 saturated heterocycles. The lowest BCUT2D eigenvalue weighted by Gasteiger charge is -2.33. The number of benzene rings is 3. The zero-order valence-electron chi connectivity index (χ0n) is 44.2. The first-order valence-corrected chi connectivity index (χ1v) is 27.0. The van der Waals surface area contributed by atoms with E-state index in [9.17, 15) is 37.1 Å². The monoisotopic (exact) mass is 1120 g/mol. The second-order valence-electron chi connectivity index (χ2n) is 19.7. The first-order chi connectivity index (χ1) is 37.9. The number of tetrazole rings is 1. The van der Waals surface area contributed by atoms with Crippen LogP contribution in [0, 0.1) is 5.92 Å². The number of hydrogen-bond donors (Lipinski definition) is 5. The highest BCUT2D eigenvalue weighted by atomic mass is 32.2. The van der Waals surface area contributed by atoms with Gasteiger partial charge in [0.1, 0.15) is 29.8 Å². The molecule has 5 heterocycles. The number of nitrogens with one attached hydrogen (secondary N) is 4. The molecule has 22 nitrogen and oxygen atoms in total. The predicted molar refractivity (Wildman–Crippen MR) is 278 cm³/mol. The van der Waals surface area contributed by atoms with Crippen molar-refractivity contribution in [1.82, 2.24) is 66.3 Å². The number of halogens is 3. The SMILES string of the molecule is CC[C@H](N)C(=O)N[C@@H]1C(=O)N2[C@@H](CC[C@@H]1Cn1cc(CO[C@H](C)[C@H](NC(=O)[C@H](C)NC)C(=O)N3CCC[C@H]3Cn3nnnc3Sc3ccccc3)nn1)CC[C@H]2C(=O)NC(c1ccccc1)c1ccccc1.O=C([O-])C(F)(F)F. The van der Waals surface area contributed by atoms with Crippen LogP contribution in [-0.4, -0.2) is 149 Å². The van der Waals surface area contributed by atoms with Crippen LogP contribution in [0.5, 0.6) is 0 Å². The van der Waals surface area contributed by atoms with Gasteiger partial charge in [-0.2, -0.15) is 13.2 Å². The van der Waals surface area contributed by atoms with Crippen LogP contribution in [-0.2, 0) is 53.2 Å². The molecule has 0 unspecified atom stereocenters. The summed E-state index contributed by atoms with van der Waals surface area (Å²) in [5, 5.41) is 42.7. The van der Waals surface area contributed by atoms with Gasteiger partial charge < -0.3 is 51.4 Å². The maximum absolute atomic E-state index is 14.9. The molecule has 0 aliphatic carbocycles. The van der Waals surface area contributed by atoms with Gasteiger partial charge in [-0.05, 0) is 111 Å². The average molecular weight is 1120 g/mol. The van der Waals surface area contributed by atoms with Gasteiger partial charge in [0.05, 0.1) is 49.6 Å². The van der Waals surface area contributed by atoms with E-state index in [1.54, 1.807) is 46.3 Å². The van der Waals surface area contributed by atoms with E-state index in [-0.39, 0.29) is 48.9 Å². The van der Waals surface area contributed by atoms with Crippen LogP contribution in [0.4, 0.5) is 13.2 Å². The molecule has 0 radical (unpaired) electrons. The number of carbonyl (C=O) groups excluding carboxylic acids is 6. The van der Waals surface area contributed by atoms with Gasteiger partial charge in [-0.15, -0.1) is 10.2 Å². The third-order valence-corrected chi connectivity index (χ3v) is 15.4. The number of amides is 5. The molecule has 0 spiro atoms. The van der Waals surface area contributed by atoms with Gasteiger partial charge in [-0.1, -0.05) is 91.0 Å². The Balaban J connectivity index is 0.00000121. The highest BCUT2D eigenvalue weighted by Crippen LogP contribution is 2.36. The number of nitrogens with two attached hydrogens (primary N) is 1. The molecule has 424 valence electrons. The number of likely N-dealkylation sites (tertiary alicyclic amines) is 1. The summed E-state index contributed by atoms with van der Waals surface area (Å²) in [6.45, 7) is 6.32. The number of alkyl halides is 3. The molecular formula is C53H66F3N14O8S-. The fourth-order valence-electron chi connectivity index (χ4n) is 9.91. The van der Waals surface area contributed by atoms with Gasteiger partial charge in [0, 0.05) is 29.9 Å². The van der Waals surface area contributed by atoms with Crippen molar-refractivity contribution < 1.29 is 51.8 Å². The summed E-state index contributed by atoms with van der Waals surface area (Å²) >= 11 is 1.44. The van der Waals surface area contributed by atoms with Gasteiger partial charge in [0.25, 0.3) is 0 Å². The molecule has 3 fully saturated rings. The standard InChI is InChI=1S/C51H66N14O6S.C2HF3O2/c1-5-41(52)47(67)56-45-36(23-24-38-25-26-42(65(38)50(45)70)48(68)55-44(34-16-9-6-10-17-34)35-18-11-7-12-19-35)28-62-29-37(57-60-62)31-71-33(3)43(54-46(66)32(2)53-4)49(69)63-27-15-20-39(63)30-64-51(58-59-61-64)72-40-21-13-8-14-22-40;3-2(4,5)1(6)7/h6-14,16-19,21-22,29,32-33,36,38-39,41-45,53H,5,15,20,23-28,30-31,52H2,1-4H3,(H,54,66)(H,55,68)(H,56,67);(H,6,7)/p-1/t32-,33+,36+,38-,39-,41-,42-,43-,45-;/m0./s1. The Bertz CT molecular complexity index is 2790. The van der Waals surface area contributed by atoms with Crippen LogP contribution >= 0.6 is 11.8 Å². The maximum Gasteiger partial charge on any atom is 0.430 e. The second-order valence-corrected chi connectivity index (χ2v) is 20.8. The Morgan fingerprint density at radius 1 is 0.848 bits per heavy atom. The van der Waals surface area contributed by atoms with Gasteiger partial charge in [0.2, 0.25) is 34.7 Å². The number of rotatable bonds is 21. The number of aromatic nitrogens is 7. The van der Waals surface area contributed by atoms with Crippen molar-refractivity contribution in [3.05, 3.63) is 114 Å². The highest BCUT2D eigenvalue weighted by molar-refractivity contribution is 7.99. The van der Waals surface area contributed by atoms with E-state index < -0.39 is 66.3 Å². The van der Waals surface area contributed by atoms with E-state index >= 15 is 0 Å². The summed E-state index contributed by atoms with van der Waals surface area (Å²) in [5.41, 5.74) is 8.50. The van der Waals surface area contributed by atoms with E-state index in [0.29, 0.717) is 56.0 Å². The number of nitrogens with zero attached hydrogens (tertiary/aromatic N) is 9. The van der Waals surface area contributed by atoms with Gasteiger partial charge in [-0.25, -0.2) is 4.68 Å². The smallest absolute Gasteiger partial charge is 0.430 e.